The van der Waals surface area contributed by atoms with Crippen LogP contribution < -0.4 is 5.73 Å². The highest BCUT2D eigenvalue weighted by molar-refractivity contribution is 9.11. The molecular formula is C15H18BrFN2S. The summed E-state index contributed by atoms with van der Waals surface area (Å²) in [6, 6.07) is 7.01. The van der Waals surface area contributed by atoms with E-state index >= 15 is 0 Å². The Kier molecular flexibility index (Phi) is 5.32. The van der Waals surface area contributed by atoms with Gasteiger partial charge in [-0.25, -0.2) is 4.39 Å². The molecule has 2 rings (SSSR count). The predicted molar refractivity (Wildman–Crippen MR) is 86.4 cm³/mol. The third kappa shape index (κ3) is 3.67. The van der Waals surface area contributed by atoms with Gasteiger partial charge in [-0.2, -0.15) is 0 Å². The molecule has 0 aliphatic heterocycles. The molecule has 1 aromatic carbocycles. The van der Waals surface area contributed by atoms with Gasteiger partial charge in [-0.3, -0.25) is 4.90 Å². The van der Waals surface area contributed by atoms with Crippen molar-refractivity contribution in [1.82, 2.24) is 4.90 Å². The van der Waals surface area contributed by atoms with Crippen molar-refractivity contribution in [2.75, 3.05) is 13.6 Å². The van der Waals surface area contributed by atoms with Crippen molar-refractivity contribution in [3.63, 3.8) is 0 Å². The normalized spacial score (nSPS) is 12.9. The lowest BCUT2D eigenvalue weighted by molar-refractivity contribution is 0.241. The molecule has 108 valence electrons. The van der Waals surface area contributed by atoms with Gasteiger partial charge in [-0.15, -0.1) is 11.3 Å². The van der Waals surface area contributed by atoms with E-state index in [2.05, 4.69) is 32.3 Å². The van der Waals surface area contributed by atoms with Crippen LogP contribution in [0.4, 0.5) is 4.39 Å². The molecule has 0 radical (unpaired) electrons. The molecule has 0 spiro atoms. The Morgan fingerprint density at radius 2 is 2.15 bits per heavy atom. The summed E-state index contributed by atoms with van der Waals surface area (Å²) in [4.78, 5) is 2.16. The first-order valence-corrected chi connectivity index (χ1v) is 8.07. The summed E-state index contributed by atoms with van der Waals surface area (Å²) < 4.78 is 14.6. The molecule has 5 heteroatoms. The van der Waals surface area contributed by atoms with Gasteiger partial charge in [0.2, 0.25) is 0 Å². The Bertz CT molecular complexity index is 585. The van der Waals surface area contributed by atoms with Crippen LogP contribution in [-0.2, 0) is 6.54 Å². The molecule has 2 nitrogen and oxygen atoms in total. The Morgan fingerprint density at radius 1 is 1.40 bits per heavy atom. The minimum absolute atomic E-state index is 0.0179. The standard InChI is InChI=1S/C15H18BrFN2S/c1-10-3-4-12(17)6-13(10)14(7-18)19(2)8-11-5-15(16)20-9-11/h3-6,9,14H,7-8,18H2,1-2H3. The zero-order chi connectivity index (χ0) is 14.7. The molecule has 1 atom stereocenters. The van der Waals surface area contributed by atoms with Crippen molar-refractivity contribution in [1.29, 1.82) is 0 Å². The Morgan fingerprint density at radius 3 is 2.75 bits per heavy atom. The maximum atomic E-state index is 13.5. The first-order chi connectivity index (χ1) is 9.51. The second-order valence-corrected chi connectivity index (χ2v) is 7.22. The molecule has 1 heterocycles. The van der Waals surface area contributed by atoms with E-state index in [0.29, 0.717) is 6.54 Å². The lowest BCUT2D eigenvalue weighted by Crippen LogP contribution is -2.30. The molecule has 2 aromatic rings. The summed E-state index contributed by atoms with van der Waals surface area (Å²) >= 11 is 5.13. The Balaban J connectivity index is 2.20. The molecule has 0 amide bonds. The molecule has 0 bridgehead atoms. The van der Waals surface area contributed by atoms with Gasteiger partial charge >= 0.3 is 0 Å². The summed E-state index contributed by atoms with van der Waals surface area (Å²) in [5.74, 6) is -0.212. The van der Waals surface area contributed by atoms with Gasteiger partial charge in [0, 0.05) is 19.1 Å². The molecule has 20 heavy (non-hydrogen) atoms. The summed E-state index contributed by atoms with van der Waals surface area (Å²) in [6.07, 6.45) is 0. The molecule has 0 saturated carbocycles. The van der Waals surface area contributed by atoms with E-state index in [0.717, 1.165) is 21.5 Å². The molecule has 1 aromatic heterocycles. The van der Waals surface area contributed by atoms with Crippen molar-refractivity contribution in [2.45, 2.75) is 19.5 Å². The average molecular weight is 357 g/mol. The second kappa shape index (κ2) is 6.80. The fraction of sp³-hybridized carbons (Fsp3) is 0.333. The number of rotatable bonds is 5. The molecule has 0 aliphatic carbocycles. The second-order valence-electron chi connectivity index (χ2n) is 4.93. The first-order valence-electron chi connectivity index (χ1n) is 6.40. The van der Waals surface area contributed by atoms with Crippen LogP contribution in [0.25, 0.3) is 0 Å². The zero-order valence-corrected chi connectivity index (χ0v) is 14.0. The maximum Gasteiger partial charge on any atom is 0.123 e. The van der Waals surface area contributed by atoms with Crippen LogP contribution in [-0.4, -0.2) is 18.5 Å². The van der Waals surface area contributed by atoms with E-state index in [1.165, 1.54) is 11.6 Å². The largest absolute Gasteiger partial charge is 0.329 e. The molecule has 0 saturated heterocycles. The monoisotopic (exact) mass is 356 g/mol. The summed E-state index contributed by atoms with van der Waals surface area (Å²) in [6.45, 7) is 3.25. The number of likely N-dealkylation sites (N-methyl/N-ethyl adjacent to an activating group) is 1. The van der Waals surface area contributed by atoms with Gasteiger partial charge in [0.05, 0.1) is 3.79 Å². The molecule has 0 fully saturated rings. The van der Waals surface area contributed by atoms with Gasteiger partial charge in [0.25, 0.3) is 0 Å². The highest BCUT2D eigenvalue weighted by atomic mass is 79.9. The highest BCUT2D eigenvalue weighted by Crippen LogP contribution is 2.27. The lowest BCUT2D eigenvalue weighted by atomic mass is 9.99. The number of halogens is 2. The van der Waals surface area contributed by atoms with Crippen molar-refractivity contribution >= 4 is 27.3 Å². The van der Waals surface area contributed by atoms with Crippen LogP contribution in [0.1, 0.15) is 22.7 Å². The fourth-order valence-corrected chi connectivity index (χ4v) is 3.54. The molecule has 0 aliphatic rings. The van der Waals surface area contributed by atoms with Gasteiger partial charge in [0.1, 0.15) is 5.82 Å². The minimum Gasteiger partial charge on any atom is -0.329 e. The number of hydrogen-bond acceptors (Lipinski definition) is 3. The number of benzene rings is 1. The van der Waals surface area contributed by atoms with Crippen LogP contribution in [0.5, 0.6) is 0 Å². The van der Waals surface area contributed by atoms with Crippen molar-refractivity contribution in [3.05, 3.63) is 55.9 Å². The quantitative estimate of drug-likeness (QED) is 0.873. The summed E-state index contributed by atoms with van der Waals surface area (Å²) in [5.41, 5.74) is 9.18. The summed E-state index contributed by atoms with van der Waals surface area (Å²) in [5, 5.41) is 2.12. The Hall–Kier alpha value is -0.750. The van der Waals surface area contributed by atoms with Crippen molar-refractivity contribution in [3.8, 4) is 0 Å². The number of nitrogens with zero attached hydrogens (tertiary/aromatic N) is 1. The van der Waals surface area contributed by atoms with E-state index in [-0.39, 0.29) is 11.9 Å². The van der Waals surface area contributed by atoms with Gasteiger partial charge in [-0.1, -0.05) is 6.07 Å². The van der Waals surface area contributed by atoms with E-state index in [4.69, 9.17) is 5.73 Å². The smallest absolute Gasteiger partial charge is 0.123 e. The zero-order valence-electron chi connectivity index (χ0n) is 11.6. The third-order valence-electron chi connectivity index (χ3n) is 3.41. The first kappa shape index (κ1) is 15.6. The van der Waals surface area contributed by atoms with Crippen LogP contribution in [0.2, 0.25) is 0 Å². The van der Waals surface area contributed by atoms with E-state index < -0.39 is 0 Å². The number of nitrogens with two attached hydrogens (primary N) is 1. The average Bonchev–Trinajstić information content (AvgIpc) is 2.80. The van der Waals surface area contributed by atoms with E-state index in [9.17, 15) is 4.39 Å². The molecule has 1 unspecified atom stereocenters. The van der Waals surface area contributed by atoms with Crippen LogP contribution in [0.3, 0.4) is 0 Å². The molecular weight excluding hydrogens is 339 g/mol. The third-order valence-corrected chi connectivity index (χ3v) is 4.96. The fourth-order valence-electron chi connectivity index (χ4n) is 2.34. The Labute approximate surface area is 131 Å². The van der Waals surface area contributed by atoms with Crippen LogP contribution >= 0.6 is 27.3 Å². The SMILES string of the molecule is Cc1ccc(F)cc1C(CN)N(C)Cc1csc(Br)c1. The lowest BCUT2D eigenvalue weighted by Gasteiger charge is -2.28. The topological polar surface area (TPSA) is 29.3 Å². The van der Waals surface area contributed by atoms with Crippen LogP contribution in [0.15, 0.2) is 33.4 Å². The van der Waals surface area contributed by atoms with Crippen LogP contribution in [0, 0.1) is 12.7 Å². The number of thiophene rings is 1. The highest BCUT2D eigenvalue weighted by Gasteiger charge is 2.18. The van der Waals surface area contributed by atoms with Gasteiger partial charge in [0.15, 0.2) is 0 Å². The minimum atomic E-state index is -0.212. The number of aryl methyl sites for hydroxylation is 1. The van der Waals surface area contributed by atoms with Gasteiger partial charge in [-0.05, 0) is 70.2 Å². The summed E-state index contributed by atoms with van der Waals surface area (Å²) in [7, 11) is 2.02. The van der Waals surface area contributed by atoms with Crippen molar-refractivity contribution < 1.29 is 4.39 Å². The number of hydrogen-bond donors (Lipinski definition) is 1. The van der Waals surface area contributed by atoms with Gasteiger partial charge < -0.3 is 5.73 Å². The maximum absolute atomic E-state index is 13.5. The van der Waals surface area contributed by atoms with E-state index in [1.807, 2.05) is 20.0 Å². The van der Waals surface area contributed by atoms with E-state index in [1.54, 1.807) is 17.4 Å². The van der Waals surface area contributed by atoms with Crippen molar-refractivity contribution in [2.24, 2.45) is 5.73 Å². The predicted octanol–water partition coefficient (Wildman–Crippen LogP) is 4.09. The molecule has 2 N–H and O–H groups in total.